The monoisotopic (exact) mass is 276 g/mol. The largest absolute Gasteiger partial charge is 0.475 e. The van der Waals surface area contributed by atoms with Crippen LogP contribution in [0.1, 0.15) is 16.1 Å². The Morgan fingerprint density at radius 3 is 2.60 bits per heavy atom. The fourth-order valence-corrected chi connectivity index (χ4v) is 2.06. The number of nitrogens with zero attached hydrogens (tertiary/aromatic N) is 2. The van der Waals surface area contributed by atoms with Crippen LogP contribution in [0.15, 0.2) is 28.7 Å². The Bertz CT molecular complexity index is 604. The molecule has 0 fully saturated rings. The average Bonchev–Trinajstić information content (AvgIpc) is 2.79. The van der Waals surface area contributed by atoms with Gasteiger partial charge in [-0.2, -0.15) is 0 Å². The molecule has 0 aliphatic heterocycles. The molecule has 0 unspecified atom stereocenters. The second-order valence-electron chi connectivity index (χ2n) is 5.33. The molecule has 0 spiro atoms. The van der Waals surface area contributed by atoms with Gasteiger partial charge in [0.25, 0.3) is 0 Å². The highest BCUT2D eigenvalue weighted by molar-refractivity contribution is 5.91. The molecular weight excluding hydrogens is 256 g/mol. The second kappa shape index (κ2) is 6.07. The van der Waals surface area contributed by atoms with Crippen LogP contribution in [0.4, 0.5) is 0 Å². The van der Waals surface area contributed by atoms with Gasteiger partial charge < -0.3 is 19.3 Å². The number of fused-ring (bicyclic) bond motifs is 1. The van der Waals surface area contributed by atoms with Crippen molar-refractivity contribution < 1.29 is 14.3 Å². The van der Waals surface area contributed by atoms with Crippen molar-refractivity contribution in [3.05, 3.63) is 35.6 Å². The van der Waals surface area contributed by atoms with Gasteiger partial charge in [-0.25, -0.2) is 4.79 Å². The molecule has 20 heavy (non-hydrogen) atoms. The van der Waals surface area contributed by atoms with Gasteiger partial charge in [0.1, 0.15) is 5.58 Å². The lowest BCUT2D eigenvalue weighted by atomic mass is 10.1. The van der Waals surface area contributed by atoms with Crippen LogP contribution in [-0.2, 0) is 6.54 Å². The molecule has 0 radical (unpaired) electrons. The van der Waals surface area contributed by atoms with Crippen molar-refractivity contribution in [3.63, 3.8) is 0 Å². The van der Waals surface area contributed by atoms with Crippen LogP contribution in [0, 0.1) is 0 Å². The fourth-order valence-electron chi connectivity index (χ4n) is 2.06. The van der Waals surface area contributed by atoms with E-state index in [1.807, 2.05) is 18.2 Å². The Morgan fingerprint density at radius 1 is 1.20 bits per heavy atom. The van der Waals surface area contributed by atoms with E-state index in [4.69, 9.17) is 9.52 Å². The molecule has 5 heteroatoms. The maximum atomic E-state index is 10.9. The topological polar surface area (TPSA) is 56.9 Å². The first-order chi connectivity index (χ1) is 9.45. The van der Waals surface area contributed by atoms with Crippen LogP contribution < -0.4 is 0 Å². The van der Waals surface area contributed by atoms with Gasteiger partial charge in [0.15, 0.2) is 0 Å². The molecule has 2 rings (SSSR count). The van der Waals surface area contributed by atoms with Gasteiger partial charge in [-0.3, -0.25) is 0 Å². The lowest BCUT2D eigenvalue weighted by Gasteiger charge is -2.19. The lowest BCUT2D eigenvalue weighted by molar-refractivity contribution is 0.0665. The lowest BCUT2D eigenvalue weighted by Crippen LogP contribution is -2.28. The molecule has 0 saturated carbocycles. The van der Waals surface area contributed by atoms with E-state index in [1.54, 1.807) is 6.07 Å². The van der Waals surface area contributed by atoms with Crippen molar-refractivity contribution >= 4 is 16.9 Å². The van der Waals surface area contributed by atoms with Crippen molar-refractivity contribution in [2.45, 2.75) is 6.54 Å². The molecule has 1 aromatic carbocycles. The first kappa shape index (κ1) is 14.6. The Labute approximate surface area is 118 Å². The number of hydrogen-bond donors (Lipinski definition) is 1. The molecule has 0 atom stereocenters. The zero-order valence-electron chi connectivity index (χ0n) is 12.1. The third kappa shape index (κ3) is 3.59. The number of hydrogen-bond acceptors (Lipinski definition) is 4. The minimum atomic E-state index is -1.04. The van der Waals surface area contributed by atoms with Gasteiger partial charge in [-0.05, 0) is 44.9 Å². The van der Waals surface area contributed by atoms with Crippen LogP contribution in [0.3, 0.4) is 0 Å². The van der Waals surface area contributed by atoms with Gasteiger partial charge in [0.2, 0.25) is 5.76 Å². The number of rotatable bonds is 6. The highest BCUT2D eigenvalue weighted by Gasteiger charge is 2.11. The molecule has 0 aliphatic carbocycles. The first-order valence-electron chi connectivity index (χ1n) is 6.55. The van der Waals surface area contributed by atoms with E-state index < -0.39 is 5.97 Å². The second-order valence-corrected chi connectivity index (χ2v) is 5.33. The number of carboxylic acids is 1. The van der Waals surface area contributed by atoms with E-state index in [-0.39, 0.29) is 5.76 Å². The molecule has 1 heterocycles. The van der Waals surface area contributed by atoms with Gasteiger partial charge in [-0.1, -0.05) is 6.07 Å². The van der Waals surface area contributed by atoms with Gasteiger partial charge in [0, 0.05) is 25.0 Å². The predicted octanol–water partition coefficient (Wildman–Crippen LogP) is 2.12. The first-order valence-corrected chi connectivity index (χ1v) is 6.55. The quantitative estimate of drug-likeness (QED) is 0.876. The SMILES string of the molecule is CN(C)CCN(C)Cc1ccc2oc(C(=O)O)cc2c1. The zero-order chi connectivity index (χ0) is 14.7. The number of carbonyl (C=O) groups is 1. The van der Waals surface area contributed by atoms with Crippen molar-refractivity contribution in [1.29, 1.82) is 0 Å². The van der Waals surface area contributed by atoms with E-state index in [2.05, 4.69) is 30.9 Å². The van der Waals surface area contributed by atoms with Gasteiger partial charge in [0.05, 0.1) is 0 Å². The summed E-state index contributed by atoms with van der Waals surface area (Å²) < 4.78 is 5.25. The van der Waals surface area contributed by atoms with Crippen LogP contribution in [0.5, 0.6) is 0 Å². The maximum absolute atomic E-state index is 10.9. The van der Waals surface area contributed by atoms with Gasteiger partial charge >= 0.3 is 5.97 Å². The summed E-state index contributed by atoms with van der Waals surface area (Å²) in [5.74, 6) is -1.05. The molecule has 0 bridgehead atoms. The fraction of sp³-hybridized carbons (Fsp3) is 0.400. The third-order valence-corrected chi connectivity index (χ3v) is 3.17. The third-order valence-electron chi connectivity index (χ3n) is 3.17. The average molecular weight is 276 g/mol. The summed E-state index contributed by atoms with van der Waals surface area (Å²) in [6, 6.07) is 7.36. The number of benzene rings is 1. The summed E-state index contributed by atoms with van der Waals surface area (Å²) in [4.78, 5) is 15.3. The highest BCUT2D eigenvalue weighted by atomic mass is 16.4. The Kier molecular flexibility index (Phi) is 4.42. The summed E-state index contributed by atoms with van der Waals surface area (Å²) >= 11 is 0. The molecule has 0 saturated heterocycles. The molecule has 0 amide bonds. The zero-order valence-corrected chi connectivity index (χ0v) is 12.1. The van der Waals surface area contributed by atoms with Crippen LogP contribution in [0.2, 0.25) is 0 Å². The molecule has 1 aromatic heterocycles. The van der Waals surface area contributed by atoms with E-state index in [0.29, 0.717) is 5.58 Å². The summed E-state index contributed by atoms with van der Waals surface area (Å²) in [6.45, 7) is 2.82. The number of carboxylic acid groups (broad SMARTS) is 1. The van der Waals surface area contributed by atoms with Crippen molar-refractivity contribution in [2.75, 3.05) is 34.2 Å². The van der Waals surface area contributed by atoms with E-state index in [0.717, 1.165) is 30.6 Å². The summed E-state index contributed by atoms with van der Waals surface area (Å²) in [7, 11) is 6.18. The van der Waals surface area contributed by atoms with Crippen molar-refractivity contribution in [1.82, 2.24) is 9.80 Å². The molecule has 5 nitrogen and oxygen atoms in total. The van der Waals surface area contributed by atoms with E-state index in [1.165, 1.54) is 0 Å². The Balaban J connectivity index is 2.09. The van der Waals surface area contributed by atoms with Crippen LogP contribution in [-0.4, -0.2) is 55.1 Å². The number of furan rings is 1. The molecular formula is C15H20N2O3. The summed E-state index contributed by atoms with van der Waals surface area (Å²) in [5, 5.41) is 9.75. The van der Waals surface area contributed by atoms with Gasteiger partial charge in [-0.15, -0.1) is 0 Å². The van der Waals surface area contributed by atoms with E-state index in [9.17, 15) is 4.79 Å². The Morgan fingerprint density at radius 2 is 1.95 bits per heavy atom. The standard InChI is InChI=1S/C15H20N2O3/c1-16(2)6-7-17(3)10-11-4-5-13-12(8-11)9-14(20-13)15(18)19/h4-5,8-9H,6-7,10H2,1-3H3,(H,18,19). The normalized spacial score (nSPS) is 11.7. The molecule has 108 valence electrons. The molecule has 1 N–H and O–H groups in total. The number of aromatic carboxylic acids is 1. The predicted molar refractivity (Wildman–Crippen MR) is 78.1 cm³/mol. The Hall–Kier alpha value is -1.85. The van der Waals surface area contributed by atoms with Crippen molar-refractivity contribution in [3.8, 4) is 0 Å². The van der Waals surface area contributed by atoms with Crippen molar-refractivity contribution in [2.24, 2.45) is 0 Å². The minimum absolute atomic E-state index is 0.0156. The number of likely N-dealkylation sites (N-methyl/N-ethyl adjacent to an activating group) is 2. The summed E-state index contributed by atoms with van der Waals surface area (Å²) in [5.41, 5.74) is 1.76. The minimum Gasteiger partial charge on any atom is -0.475 e. The van der Waals surface area contributed by atoms with Crippen LogP contribution >= 0.6 is 0 Å². The highest BCUT2D eigenvalue weighted by Crippen LogP contribution is 2.21. The molecule has 0 aliphatic rings. The molecule has 2 aromatic rings. The van der Waals surface area contributed by atoms with Crippen LogP contribution in [0.25, 0.3) is 11.0 Å². The van der Waals surface area contributed by atoms with E-state index >= 15 is 0 Å². The smallest absolute Gasteiger partial charge is 0.371 e. The maximum Gasteiger partial charge on any atom is 0.371 e. The summed E-state index contributed by atoms with van der Waals surface area (Å²) in [6.07, 6.45) is 0.